The monoisotopic (exact) mass is 434 g/mol. The van der Waals surface area contributed by atoms with Crippen LogP contribution in [0, 0.1) is 0 Å². The third-order valence-corrected chi connectivity index (χ3v) is 3.42. The van der Waals surface area contributed by atoms with Crippen LogP contribution in [0.4, 0.5) is 0 Å². The highest BCUT2D eigenvalue weighted by Crippen LogP contribution is 2.13. The molecule has 0 aliphatic carbocycles. The molecule has 1 aromatic heterocycles. The summed E-state index contributed by atoms with van der Waals surface area (Å²) in [6.45, 7) is 7.64. The Hall–Kier alpha value is -1.05. The molecule has 0 amide bonds. The van der Waals surface area contributed by atoms with Crippen LogP contribution in [-0.2, 0) is 6.54 Å². The second kappa shape index (κ2) is 13.4. The molecule has 0 radical (unpaired) electrons. The summed E-state index contributed by atoms with van der Waals surface area (Å²) >= 11 is 0. The molecule has 0 aliphatic rings. The van der Waals surface area contributed by atoms with E-state index in [-0.39, 0.29) is 24.0 Å². The minimum Gasteiger partial charge on any atom is -0.478 e. The molecule has 1 atom stereocenters. The fourth-order valence-corrected chi connectivity index (χ4v) is 2.21. The lowest BCUT2D eigenvalue weighted by Crippen LogP contribution is -2.41. The molecular weight excluding hydrogens is 403 g/mol. The van der Waals surface area contributed by atoms with Crippen LogP contribution in [0.25, 0.3) is 0 Å². The summed E-state index contributed by atoms with van der Waals surface area (Å²) in [4.78, 5) is 8.54. The number of nitrogens with zero attached hydrogens (tertiary/aromatic N) is 2. The van der Waals surface area contributed by atoms with Gasteiger partial charge in [-0.2, -0.15) is 0 Å². The molecule has 0 aromatic carbocycles. The first-order valence-electron chi connectivity index (χ1n) is 8.25. The van der Waals surface area contributed by atoms with Gasteiger partial charge in [0.25, 0.3) is 0 Å². The van der Waals surface area contributed by atoms with Crippen LogP contribution >= 0.6 is 24.0 Å². The molecule has 6 heteroatoms. The Kier molecular flexibility index (Phi) is 12.8. The number of hydrogen-bond acceptors (Lipinski definition) is 3. The van der Waals surface area contributed by atoms with Crippen molar-refractivity contribution >= 4 is 29.9 Å². The Morgan fingerprint density at radius 1 is 1.35 bits per heavy atom. The van der Waals surface area contributed by atoms with Gasteiger partial charge in [0.05, 0.1) is 6.61 Å². The Bertz CT molecular complexity index is 454. The zero-order valence-corrected chi connectivity index (χ0v) is 17.1. The summed E-state index contributed by atoms with van der Waals surface area (Å²) in [6, 6.07) is 4.35. The lowest BCUT2D eigenvalue weighted by molar-refractivity contribution is 0.322. The van der Waals surface area contributed by atoms with E-state index < -0.39 is 0 Å². The highest BCUT2D eigenvalue weighted by Gasteiger charge is 2.07. The summed E-state index contributed by atoms with van der Waals surface area (Å²) in [5, 5.41) is 6.75. The number of guanidine groups is 1. The number of unbranched alkanes of at least 4 members (excludes halogenated alkanes) is 2. The number of ether oxygens (including phenoxy) is 1. The molecule has 23 heavy (non-hydrogen) atoms. The van der Waals surface area contributed by atoms with Gasteiger partial charge in [-0.1, -0.05) is 32.3 Å². The van der Waals surface area contributed by atoms with Gasteiger partial charge in [-0.3, -0.25) is 4.99 Å². The van der Waals surface area contributed by atoms with Gasteiger partial charge in [-0.05, 0) is 26.3 Å². The van der Waals surface area contributed by atoms with E-state index in [1.54, 1.807) is 13.2 Å². The summed E-state index contributed by atoms with van der Waals surface area (Å²) < 4.78 is 5.54. The van der Waals surface area contributed by atoms with Crippen molar-refractivity contribution in [3.05, 3.63) is 23.9 Å². The molecular formula is C17H31IN4O. The van der Waals surface area contributed by atoms with E-state index in [0.29, 0.717) is 25.1 Å². The number of aromatic nitrogens is 1. The molecule has 0 aliphatic heterocycles. The number of pyridine rings is 1. The number of aliphatic imine (C=N–C) groups is 1. The van der Waals surface area contributed by atoms with Gasteiger partial charge in [0.1, 0.15) is 0 Å². The first-order chi connectivity index (χ1) is 10.7. The maximum atomic E-state index is 5.54. The average Bonchev–Trinajstić information content (AvgIpc) is 2.53. The van der Waals surface area contributed by atoms with E-state index in [9.17, 15) is 0 Å². The average molecular weight is 434 g/mol. The SMILES string of the molecule is CCCCCC(C)NC(=NC)NCc1cccnc1OCC.I. The molecule has 0 bridgehead atoms. The van der Waals surface area contributed by atoms with Crippen LogP contribution in [0.15, 0.2) is 23.3 Å². The molecule has 2 N–H and O–H groups in total. The van der Waals surface area contributed by atoms with Crippen LogP contribution in [-0.4, -0.2) is 30.6 Å². The van der Waals surface area contributed by atoms with Gasteiger partial charge in [0.2, 0.25) is 5.88 Å². The summed E-state index contributed by atoms with van der Waals surface area (Å²) in [6.07, 6.45) is 6.69. The minimum atomic E-state index is 0. The largest absolute Gasteiger partial charge is 0.478 e. The fourth-order valence-electron chi connectivity index (χ4n) is 2.21. The molecule has 1 aromatic rings. The molecule has 0 fully saturated rings. The molecule has 0 spiro atoms. The van der Waals surface area contributed by atoms with Crippen LogP contribution in [0.3, 0.4) is 0 Å². The lowest BCUT2D eigenvalue weighted by atomic mass is 10.1. The molecule has 1 rings (SSSR count). The fraction of sp³-hybridized carbons (Fsp3) is 0.647. The lowest BCUT2D eigenvalue weighted by Gasteiger charge is -2.18. The number of nitrogens with one attached hydrogen (secondary N) is 2. The van der Waals surface area contributed by atoms with Crippen molar-refractivity contribution < 1.29 is 4.74 Å². The smallest absolute Gasteiger partial charge is 0.218 e. The molecule has 132 valence electrons. The Labute approximate surface area is 157 Å². The second-order valence-corrected chi connectivity index (χ2v) is 5.37. The van der Waals surface area contributed by atoms with Crippen molar-refractivity contribution in [3.8, 4) is 5.88 Å². The Balaban J connectivity index is 0.00000484. The van der Waals surface area contributed by atoms with Gasteiger partial charge in [0.15, 0.2) is 5.96 Å². The van der Waals surface area contributed by atoms with Crippen molar-refractivity contribution in [2.24, 2.45) is 4.99 Å². The molecule has 0 saturated carbocycles. The normalized spacial score (nSPS) is 12.3. The van der Waals surface area contributed by atoms with Crippen molar-refractivity contribution in [2.75, 3.05) is 13.7 Å². The quantitative estimate of drug-likeness (QED) is 0.269. The van der Waals surface area contributed by atoms with Crippen molar-refractivity contribution in [2.45, 2.75) is 59.0 Å². The number of hydrogen-bond donors (Lipinski definition) is 2. The zero-order chi connectivity index (χ0) is 16.2. The first-order valence-corrected chi connectivity index (χ1v) is 8.25. The Morgan fingerprint density at radius 2 is 2.13 bits per heavy atom. The van der Waals surface area contributed by atoms with Crippen LogP contribution in [0.2, 0.25) is 0 Å². The maximum Gasteiger partial charge on any atom is 0.218 e. The topological polar surface area (TPSA) is 58.5 Å². The van der Waals surface area contributed by atoms with Gasteiger partial charge < -0.3 is 15.4 Å². The van der Waals surface area contributed by atoms with Gasteiger partial charge in [-0.15, -0.1) is 24.0 Å². The predicted octanol–water partition coefficient (Wildman–Crippen LogP) is 3.73. The highest BCUT2D eigenvalue weighted by atomic mass is 127. The summed E-state index contributed by atoms with van der Waals surface area (Å²) in [5.41, 5.74) is 1.03. The van der Waals surface area contributed by atoms with Gasteiger partial charge in [-0.25, -0.2) is 4.98 Å². The molecule has 1 heterocycles. The predicted molar refractivity (Wildman–Crippen MR) is 108 cm³/mol. The number of halogens is 1. The highest BCUT2D eigenvalue weighted by molar-refractivity contribution is 14.0. The van der Waals surface area contributed by atoms with Crippen molar-refractivity contribution in [3.63, 3.8) is 0 Å². The third kappa shape index (κ3) is 8.98. The van der Waals surface area contributed by atoms with Crippen molar-refractivity contribution in [1.82, 2.24) is 15.6 Å². The maximum absolute atomic E-state index is 5.54. The first kappa shape index (κ1) is 21.9. The molecule has 1 unspecified atom stereocenters. The third-order valence-electron chi connectivity index (χ3n) is 3.42. The molecule has 0 saturated heterocycles. The Morgan fingerprint density at radius 3 is 2.78 bits per heavy atom. The standard InChI is InChI=1S/C17H30N4O.HI/c1-5-7-8-10-14(3)21-17(18-4)20-13-15-11-9-12-19-16(15)22-6-2;/h9,11-12,14H,5-8,10,13H2,1-4H3,(H2,18,20,21);1H. The second-order valence-electron chi connectivity index (χ2n) is 5.37. The van der Waals surface area contributed by atoms with Crippen LogP contribution < -0.4 is 15.4 Å². The minimum absolute atomic E-state index is 0. The summed E-state index contributed by atoms with van der Waals surface area (Å²) in [7, 11) is 1.79. The van der Waals surface area contributed by atoms with Gasteiger partial charge in [0, 0.05) is 31.4 Å². The van der Waals surface area contributed by atoms with Gasteiger partial charge >= 0.3 is 0 Å². The van der Waals surface area contributed by atoms with E-state index in [0.717, 1.165) is 17.9 Å². The zero-order valence-electron chi connectivity index (χ0n) is 14.8. The van der Waals surface area contributed by atoms with E-state index >= 15 is 0 Å². The molecule has 5 nitrogen and oxygen atoms in total. The van der Waals surface area contributed by atoms with Crippen molar-refractivity contribution in [1.29, 1.82) is 0 Å². The van der Waals surface area contributed by atoms with Crippen LogP contribution in [0.1, 0.15) is 52.0 Å². The van der Waals surface area contributed by atoms with E-state index in [2.05, 4.69) is 34.5 Å². The number of rotatable bonds is 9. The van der Waals surface area contributed by atoms with E-state index in [4.69, 9.17) is 4.74 Å². The van der Waals surface area contributed by atoms with E-state index in [1.807, 2.05) is 19.1 Å². The van der Waals surface area contributed by atoms with Crippen LogP contribution in [0.5, 0.6) is 5.88 Å². The summed E-state index contributed by atoms with van der Waals surface area (Å²) in [5.74, 6) is 1.50. The van der Waals surface area contributed by atoms with E-state index in [1.165, 1.54) is 19.3 Å².